The third kappa shape index (κ3) is 7.76. The third-order valence-electron chi connectivity index (χ3n) is 8.34. The van der Waals surface area contributed by atoms with Crippen molar-refractivity contribution in [2.45, 2.75) is 38.8 Å². The molecule has 4 aromatic rings. The summed E-state index contributed by atoms with van der Waals surface area (Å²) in [6.07, 6.45) is 3.31. The van der Waals surface area contributed by atoms with E-state index in [1.54, 1.807) is 57.2 Å². The Morgan fingerprint density at radius 2 is 1.08 bits per heavy atom. The number of amides is 4. The molecule has 8 nitrogen and oxygen atoms in total. The fraction of sp³-hybridized carbons (Fsp3) is 0.263. The van der Waals surface area contributed by atoms with Crippen LogP contribution in [-0.2, 0) is 0 Å². The van der Waals surface area contributed by atoms with Crippen LogP contribution >= 0.6 is 11.6 Å². The highest BCUT2D eigenvalue weighted by Gasteiger charge is 2.42. The number of rotatable bonds is 2. The molecular formula is C38H36ClFN6O2. The summed E-state index contributed by atoms with van der Waals surface area (Å²) >= 11 is 5.95. The van der Waals surface area contributed by atoms with Gasteiger partial charge in [-0.25, -0.2) is 23.9 Å². The molecule has 6 rings (SSSR count). The van der Waals surface area contributed by atoms with Crippen LogP contribution in [0.1, 0.15) is 49.9 Å². The predicted molar refractivity (Wildman–Crippen MR) is 187 cm³/mol. The van der Waals surface area contributed by atoms with E-state index in [4.69, 9.17) is 11.6 Å². The Bertz CT molecular complexity index is 1810. The highest BCUT2D eigenvalue weighted by molar-refractivity contribution is 6.30. The lowest BCUT2D eigenvalue weighted by molar-refractivity contribution is 0.197. The van der Waals surface area contributed by atoms with Crippen LogP contribution in [0.5, 0.6) is 0 Å². The van der Waals surface area contributed by atoms with Gasteiger partial charge in [-0.15, -0.1) is 0 Å². The average molecular weight is 663 g/mol. The number of urea groups is 2. The van der Waals surface area contributed by atoms with Gasteiger partial charge in [0.05, 0.1) is 24.2 Å². The molecule has 2 fully saturated rings. The van der Waals surface area contributed by atoms with Gasteiger partial charge >= 0.3 is 12.1 Å². The van der Waals surface area contributed by atoms with Crippen LogP contribution < -0.4 is 9.80 Å². The van der Waals surface area contributed by atoms with Crippen LogP contribution in [-0.4, -0.2) is 70.1 Å². The van der Waals surface area contributed by atoms with Gasteiger partial charge in [-0.3, -0.25) is 9.80 Å². The molecule has 0 saturated carbocycles. The molecule has 2 aromatic carbocycles. The number of nitrogens with zero attached hydrogens (tertiary/aromatic N) is 6. The van der Waals surface area contributed by atoms with E-state index in [-0.39, 0.29) is 29.0 Å². The summed E-state index contributed by atoms with van der Waals surface area (Å²) in [5.74, 6) is 12.9. The van der Waals surface area contributed by atoms with Gasteiger partial charge in [0.15, 0.2) is 0 Å². The molecule has 0 aliphatic carbocycles. The lowest BCUT2D eigenvalue weighted by Gasteiger charge is -2.24. The zero-order valence-electron chi connectivity index (χ0n) is 27.8. The van der Waals surface area contributed by atoms with Crippen molar-refractivity contribution in [2.75, 3.05) is 37.0 Å². The largest absolute Gasteiger partial charge is 0.325 e. The molecule has 2 aliphatic heterocycles. The molecule has 2 aromatic heterocycles. The van der Waals surface area contributed by atoms with Crippen molar-refractivity contribution >= 4 is 35.3 Å². The van der Waals surface area contributed by atoms with E-state index >= 15 is 0 Å². The van der Waals surface area contributed by atoms with Crippen LogP contribution in [0.4, 0.5) is 25.6 Å². The number of hydrogen-bond donors (Lipinski definition) is 0. The Kier molecular flexibility index (Phi) is 9.74. The van der Waals surface area contributed by atoms with Gasteiger partial charge in [0.2, 0.25) is 0 Å². The van der Waals surface area contributed by atoms with Gasteiger partial charge in [-0.2, -0.15) is 0 Å². The summed E-state index contributed by atoms with van der Waals surface area (Å²) in [6.45, 7) is 9.31. The van der Waals surface area contributed by atoms with E-state index in [1.165, 1.54) is 12.1 Å². The first-order valence-corrected chi connectivity index (χ1v) is 15.7. The van der Waals surface area contributed by atoms with Gasteiger partial charge in [-0.1, -0.05) is 47.4 Å². The van der Waals surface area contributed by atoms with E-state index in [9.17, 15) is 14.0 Å². The molecule has 4 heterocycles. The lowest BCUT2D eigenvalue weighted by Crippen LogP contribution is -2.38. The molecule has 0 atom stereocenters. The Balaban J connectivity index is 0.000000188. The number of halogens is 2. The molecule has 2 aliphatic rings. The van der Waals surface area contributed by atoms with Crippen molar-refractivity contribution in [3.8, 4) is 23.7 Å². The summed E-state index contributed by atoms with van der Waals surface area (Å²) in [5, 5.41) is 0.662. The van der Waals surface area contributed by atoms with Crippen LogP contribution in [0.2, 0.25) is 5.02 Å². The minimum atomic E-state index is -0.311. The van der Waals surface area contributed by atoms with Crippen LogP contribution in [0.3, 0.4) is 0 Å². The number of hydrogen-bond acceptors (Lipinski definition) is 4. The summed E-state index contributed by atoms with van der Waals surface area (Å²) < 4.78 is 13.1. The lowest BCUT2D eigenvalue weighted by atomic mass is 10.1. The van der Waals surface area contributed by atoms with E-state index in [0.717, 1.165) is 11.1 Å². The maximum atomic E-state index is 13.1. The molecule has 0 unspecified atom stereocenters. The second kappa shape index (κ2) is 13.8. The van der Waals surface area contributed by atoms with Crippen molar-refractivity contribution in [3.63, 3.8) is 0 Å². The Morgan fingerprint density at radius 1 is 0.646 bits per heavy atom. The first-order valence-electron chi connectivity index (χ1n) is 15.3. The van der Waals surface area contributed by atoms with Crippen LogP contribution in [0.25, 0.3) is 0 Å². The van der Waals surface area contributed by atoms with E-state index in [0.29, 0.717) is 40.9 Å². The number of pyridine rings is 2. The standard InChI is InChI=1S/C19H18ClN3O.C19H18FN3O/c2*1-19(2)13-23(18(24)22(19)3)17-10-9-15(12-21-17)8-7-14-5-4-6-16(20)11-14/h2*4-6,9-12H,13H2,1-3H3. The molecule has 48 heavy (non-hydrogen) atoms. The first kappa shape index (κ1) is 34.0. The number of carbonyl (C=O) groups excluding carboxylic acids is 2. The maximum absolute atomic E-state index is 13.1. The monoisotopic (exact) mass is 662 g/mol. The topological polar surface area (TPSA) is 72.9 Å². The maximum Gasteiger partial charge on any atom is 0.325 e. The Morgan fingerprint density at radius 3 is 1.46 bits per heavy atom. The summed E-state index contributed by atoms with van der Waals surface area (Å²) in [5.41, 5.74) is 2.53. The van der Waals surface area contributed by atoms with E-state index < -0.39 is 0 Å². The van der Waals surface area contributed by atoms with Gasteiger partial charge in [0, 0.05) is 53.8 Å². The molecule has 244 valence electrons. The minimum Gasteiger partial charge on any atom is -0.320 e. The second-order valence-electron chi connectivity index (χ2n) is 12.8. The predicted octanol–water partition coefficient (Wildman–Crippen LogP) is 7.06. The van der Waals surface area contributed by atoms with Crippen molar-refractivity contribution in [1.82, 2.24) is 19.8 Å². The zero-order chi connectivity index (χ0) is 34.6. The van der Waals surface area contributed by atoms with Crippen molar-refractivity contribution in [1.29, 1.82) is 0 Å². The van der Waals surface area contributed by atoms with Crippen LogP contribution in [0, 0.1) is 29.5 Å². The van der Waals surface area contributed by atoms with Crippen molar-refractivity contribution in [3.05, 3.63) is 118 Å². The number of anilines is 2. The molecule has 10 heteroatoms. The molecule has 0 bridgehead atoms. The van der Waals surface area contributed by atoms with Gasteiger partial charge in [0.25, 0.3) is 0 Å². The molecule has 4 amide bonds. The van der Waals surface area contributed by atoms with Gasteiger partial charge in [-0.05, 0) is 88.4 Å². The molecule has 0 N–H and O–H groups in total. The Hall–Kier alpha value is -5.38. The Labute approximate surface area is 286 Å². The first-order chi connectivity index (χ1) is 22.7. The number of benzene rings is 2. The summed E-state index contributed by atoms with van der Waals surface area (Å²) in [6, 6.07) is 20.7. The fourth-order valence-corrected chi connectivity index (χ4v) is 5.21. The average Bonchev–Trinajstić information content (AvgIpc) is 3.41. The smallest absolute Gasteiger partial charge is 0.320 e. The van der Waals surface area contributed by atoms with E-state index in [2.05, 4.69) is 33.6 Å². The highest BCUT2D eigenvalue weighted by Crippen LogP contribution is 2.29. The molecular weight excluding hydrogens is 627 g/mol. The SMILES string of the molecule is CN1C(=O)N(c2ccc(C#Cc3cccc(Cl)c3)cn2)CC1(C)C.CN1C(=O)N(c2ccc(C#Cc3cccc(F)c3)cn2)CC1(C)C. The number of aromatic nitrogens is 2. The van der Waals surface area contributed by atoms with Crippen molar-refractivity contribution in [2.24, 2.45) is 0 Å². The number of carbonyl (C=O) groups is 2. The fourth-order valence-electron chi connectivity index (χ4n) is 5.02. The highest BCUT2D eigenvalue weighted by atomic mass is 35.5. The van der Waals surface area contributed by atoms with Gasteiger partial charge in [0.1, 0.15) is 17.5 Å². The molecule has 0 spiro atoms. The van der Waals surface area contributed by atoms with Crippen LogP contribution in [0.15, 0.2) is 85.2 Å². The quantitative estimate of drug-likeness (QED) is 0.216. The molecule has 0 radical (unpaired) electrons. The third-order valence-corrected chi connectivity index (χ3v) is 8.58. The summed E-state index contributed by atoms with van der Waals surface area (Å²) in [4.78, 5) is 40.1. The summed E-state index contributed by atoms with van der Waals surface area (Å²) in [7, 11) is 3.61. The van der Waals surface area contributed by atoms with Crippen molar-refractivity contribution < 1.29 is 14.0 Å². The minimum absolute atomic E-state index is 0.0368. The normalized spacial score (nSPS) is 16.1. The zero-order valence-corrected chi connectivity index (χ0v) is 28.5. The van der Waals surface area contributed by atoms with Gasteiger partial charge < -0.3 is 9.80 Å². The molecule has 2 saturated heterocycles. The number of likely N-dealkylation sites (N-methyl/N-ethyl adjacent to an activating group) is 2. The van der Waals surface area contributed by atoms with E-state index in [1.807, 2.05) is 77.2 Å². The second-order valence-corrected chi connectivity index (χ2v) is 13.2.